The third kappa shape index (κ3) is 4.98. The van der Waals surface area contributed by atoms with Crippen molar-refractivity contribution in [2.24, 2.45) is 0 Å². The lowest BCUT2D eigenvalue weighted by Gasteiger charge is -2.11. The largest absolute Gasteiger partial charge is 0.466 e. The molecule has 1 saturated carbocycles. The molecule has 170 valence electrons. The summed E-state index contributed by atoms with van der Waals surface area (Å²) in [5.74, 6) is -0.189. The molecule has 0 atom stereocenters. The number of anilines is 1. The van der Waals surface area contributed by atoms with E-state index in [0.29, 0.717) is 43.1 Å². The first-order valence-electron chi connectivity index (χ1n) is 11.3. The van der Waals surface area contributed by atoms with Gasteiger partial charge in [0.05, 0.1) is 17.6 Å². The Kier molecular flexibility index (Phi) is 6.53. The summed E-state index contributed by atoms with van der Waals surface area (Å²) in [6, 6.07) is 4.36. The summed E-state index contributed by atoms with van der Waals surface area (Å²) in [5, 5.41) is 3.48. The van der Waals surface area contributed by atoms with Crippen LogP contribution >= 0.6 is 0 Å². The van der Waals surface area contributed by atoms with Gasteiger partial charge in [-0.25, -0.2) is 14.8 Å². The summed E-state index contributed by atoms with van der Waals surface area (Å²) in [4.78, 5) is 48.6. The van der Waals surface area contributed by atoms with Crippen molar-refractivity contribution >= 4 is 33.9 Å². The number of hydrogen-bond acceptors (Lipinski definition) is 7. The number of nitrogens with one attached hydrogen (secondary N) is 2. The van der Waals surface area contributed by atoms with Crippen LogP contribution in [0.5, 0.6) is 0 Å². The van der Waals surface area contributed by atoms with Gasteiger partial charge in [-0.2, -0.15) is 0 Å². The Morgan fingerprint density at radius 2 is 1.91 bits per heavy atom. The van der Waals surface area contributed by atoms with Gasteiger partial charge < -0.3 is 10.1 Å². The molecule has 4 rings (SSSR count). The summed E-state index contributed by atoms with van der Waals surface area (Å²) in [6.07, 6.45) is 5.76. The normalized spacial score (nSPS) is 13.6. The zero-order chi connectivity index (χ0) is 22.7. The number of ether oxygens (including phenoxy) is 1. The van der Waals surface area contributed by atoms with Gasteiger partial charge in [0.15, 0.2) is 11.2 Å². The van der Waals surface area contributed by atoms with Crippen LogP contribution in [-0.2, 0) is 16.1 Å². The fourth-order valence-corrected chi connectivity index (χ4v) is 3.76. The minimum atomic E-state index is -0.480. The highest BCUT2D eigenvalue weighted by Crippen LogP contribution is 2.28. The van der Waals surface area contributed by atoms with E-state index in [1.807, 2.05) is 19.1 Å². The topological polar surface area (TPSA) is 119 Å². The van der Waals surface area contributed by atoms with E-state index in [1.165, 1.54) is 17.4 Å². The van der Waals surface area contributed by atoms with Crippen molar-refractivity contribution in [2.75, 3.05) is 11.9 Å². The number of carbonyl (C=O) groups is 1. The number of aryl methyl sites for hydroxylation is 1. The highest BCUT2D eigenvalue weighted by Gasteiger charge is 2.22. The van der Waals surface area contributed by atoms with E-state index in [-0.39, 0.29) is 17.1 Å². The second-order valence-electron chi connectivity index (χ2n) is 8.35. The van der Waals surface area contributed by atoms with Crippen LogP contribution in [-0.4, -0.2) is 38.1 Å². The predicted molar refractivity (Wildman–Crippen MR) is 123 cm³/mol. The lowest BCUT2D eigenvalue weighted by Crippen LogP contribution is -2.35. The first-order chi connectivity index (χ1) is 15.5. The third-order valence-corrected chi connectivity index (χ3v) is 5.68. The Labute approximate surface area is 185 Å². The van der Waals surface area contributed by atoms with Gasteiger partial charge in [-0.1, -0.05) is 12.8 Å². The number of hydrogen-bond donors (Lipinski definition) is 2. The maximum absolute atomic E-state index is 12.9. The quantitative estimate of drug-likeness (QED) is 0.283. The van der Waals surface area contributed by atoms with Crippen molar-refractivity contribution in [1.82, 2.24) is 19.5 Å². The maximum atomic E-state index is 12.9. The van der Waals surface area contributed by atoms with Gasteiger partial charge in [0, 0.05) is 24.7 Å². The monoisotopic (exact) mass is 439 g/mol. The lowest BCUT2D eigenvalue weighted by molar-refractivity contribution is -0.143. The first kappa shape index (κ1) is 22.0. The van der Waals surface area contributed by atoms with Crippen molar-refractivity contribution in [3.05, 3.63) is 38.5 Å². The molecule has 0 bridgehead atoms. The molecule has 0 aliphatic heterocycles. The van der Waals surface area contributed by atoms with Crippen LogP contribution in [0.4, 0.5) is 5.69 Å². The SMILES string of the molecule is CCOC(=O)CCCCCCn1c(=O)[nH]c2nc3cc(NC4CC4)c(C)cc3nc2c1=O. The molecule has 0 unspecified atom stereocenters. The standard InChI is InChI=1S/C23H29N5O4/c1-3-32-19(29)8-6-4-5-7-11-28-22(30)20-21(27-23(28)31)26-18-13-16(24-15-9-10-15)14(2)12-17(18)25-20/h12-13,15,24H,3-11H2,1-2H3,(H,26,27,31). The summed E-state index contributed by atoms with van der Waals surface area (Å²) >= 11 is 0. The van der Waals surface area contributed by atoms with Gasteiger partial charge in [0.2, 0.25) is 0 Å². The molecule has 0 radical (unpaired) electrons. The Morgan fingerprint density at radius 3 is 2.66 bits per heavy atom. The van der Waals surface area contributed by atoms with E-state index in [1.54, 1.807) is 6.92 Å². The fourth-order valence-electron chi connectivity index (χ4n) is 3.76. The first-order valence-corrected chi connectivity index (χ1v) is 11.3. The number of esters is 1. The molecular weight excluding hydrogens is 410 g/mol. The number of benzene rings is 1. The van der Waals surface area contributed by atoms with E-state index in [9.17, 15) is 14.4 Å². The number of H-pyrrole nitrogens is 1. The molecule has 2 aromatic heterocycles. The van der Waals surface area contributed by atoms with Crippen LogP contribution in [0.3, 0.4) is 0 Å². The smallest absolute Gasteiger partial charge is 0.330 e. The number of unbranched alkanes of at least 4 members (excludes halogenated alkanes) is 3. The molecule has 9 heteroatoms. The number of fused-ring (bicyclic) bond motifs is 2. The van der Waals surface area contributed by atoms with Crippen molar-refractivity contribution in [2.45, 2.75) is 71.4 Å². The zero-order valence-electron chi connectivity index (χ0n) is 18.6. The Balaban J connectivity index is 1.49. The number of carbonyl (C=O) groups excluding carboxylic acids is 1. The molecule has 2 N–H and O–H groups in total. The van der Waals surface area contributed by atoms with Crippen molar-refractivity contribution < 1.29 is 9.53 Å². The molecule has 0 spiro atoms. The third-order valence-electron chi connectivity index (χ3n) is 5.68. The van der Waals surface area contributed by atoms with Gasteiger partial charge in [-0.05, 0) is 57.2 Å². The van der Waals surface area contributed by atoms with Gasteiger partial charge in [0.1, 0.15) is 0 Å². The molecule has 1 aliphatic rings. The minimum Gasteiger partial charge on any atom is -0.466 e. The lowest BCUT2D eigenvalue weighted by atomic mass is 10.1. The fraction of sp³-hybridized carbons (Fsp3) is 0.522. The van der Waals surface area contributed by atoms with Crippen molar-refractivity contribution in [3.63, 3.8) is 0 Å². The van der Waals surface area contributed by atoms with Crippen LogP contribution < -0.4 is 16.6 Å². The Bertz CT molecular complexity index is 1260. The predicted octanol–water partition coefficient (Wildman–Crippen LogP) is 3.03. The van der Waals surface area contributed by atoms with Crippen molar-refractivity contribution in [1.29, 1.82) is 0 Å². The summed E-state index contributed by atoms with van der Waals surface area (Å²) in [7, 11) is 0. The molecule has 0 saturated heterocycles. The van der Waals surface area contributed by atoms with E-state index < -0.39 is 11.2 Å². The highest BCUT2D eigenvalue weighted by molar-refractivity contribution is 5.87. The van der Waals surface area contributed by atoms with Crippen LogP contribution in [0.1, 0.15) is 57.4 Å². The summed E-state index contributed by atoms with van der Waals surface area (Å²) in [6.45, 7) is 4.48. The van der Waals surface area contributed by atoms with Crippen LogP contribution in [0.2, 0.25) is 0 Å². The molecule has 0 amide bonds. The molecule has 1 aliphatic carbocycles. The van der Waals surface area contributed by atoms with Gasteiger partial charge in [0.25, 0.3) is 5.56 Å². The molecular formula is C23H29N5O4. The second-order valence-corrected chi connectivity index (χ2v) is 8.35. The number of aromatic nitrogens is 4. The van der Waals surface area contributed by atoms with Crippen LogP contribution in [0.15, 0.2) is 21.7 Å². The van der Waals surface area contributed by atoms with E-state index in [0.717, 1.165) is 30.5 Å². The second kappa shape index (κ2) is 9.50. The summed E-state index contributed by atoms with van der Waals surface area (Å²) < 4.78 is 6.09. The van der Waals surface area contributed by atoms with E-state index in [2.05, 4.69) is 20.3 Å². The Hall–Kier alpha value is -3.23. The molecule has 1 aromatic carbocycles. The maximum Gasteiger partial charge on any atom is 0.330 e. The van der Waals surface area contributed by atoms with Crippen molar-refractivity contribution in [3.8, 4) is 0 Å². The minimum absolute atomic E-state index is 0.168. The average molecular weight is 440 g/mol. The van der Waals surface area contributed by atoms with Gasteiger partial charge >= 0.3 is 11.7 Å². The van der Waals surface area contributed by atoms with Crippen LogP contribution in [0, 0.1) is 6.92 Å². The molecule has 3 aromatic rings. The van der Waals surface area contributed by atoms with E-state index in [4.69, 9.17) is 4.74 Å². The molecule has 2 heterocycles. The molecule has 32 heavy (non-hydrogen) atoms. The number of aromatic amines is 1. The number of nitrogens with zero attached hydrogens (tertiary/aromatic N) is 3. The Morgan fingerprint density at radius 1 is 1.16 bits per heavy atom. The summed E-state index contributed by atoms with van der Waals surface area (Å²) in [5.41, 5.74) is 2.79. The zero-order valence-corrected chi connectivity index (χ0v) is 18.6. The van der Waals surface area contributed by atoms with Gasteiger partial charge in [-0.15, -0.1) is 0 Å². The number of rotatable bonds is 10. The van der Waals surface area contributed by atoms with Crippen LogP contribution in [0.25, 0.3) is 22.2 Å². The average Bonchev–Trinajstić information content (AvgIpc) is 3.57. The van der Waals surface area contributed by atoms with Gasteiger partial charge in [-0.3, -0.25) is 19.1 Å². The molecule has 9 nitrogen and oxygen atoms in total. The highest BCUT2D eigenvalue weighted by atomic mass is 16.5. The van der Waals surface area contributed by atoms with E-state index >= 15 is 0 Å². The molecule has 1 fully saturated rings.